The molecule has 3 aromatic carbocycles. The van der Waals surface area contributed by atoms with Crippen molar-refractivity contribution in [1.29, 1.82) is 0 Å². The van der Waals surface area contributed by atoms with Crippen molar-refractivity contribution in [2.75, 3.05) is 27.7 Å². The molecule has 0 atom stereocenters. The van der Waals surface area contributed by atoms with E-state index in [-0.39, 0.29) is 4.90 Å². The van der Waals surface area contributed by atoms with Crippen LogP contribution >= 0.6 is 11.6 Å². The van der Waals surface area contributed by atoms with Crippen molar-refractivity contribution in [1.82, 2.24) is 9.47 Å². The number of carbonyl (C=O) groups excluding carboxylic acids is 1. The van der Waals surface area contributed by atoms with Gasteiger partial charge in [0.25, 0.3) is 10.1 Å². The Morgan fingerprint density at radius 2 is 1.68 bits per heavy atom. The Labute approximate surface area is 228 Å². The summed E-state index contributed by atoms with van der Waals surface area (Å²) in [5.41, 5.74) is 3.28. The van der Waals surface area contributed by atoms with Crippen molar-refractivity contribution in [3.05, 3.63) is 94.6 Å². The topological polar surface area (TPSA) is 98.1 Å². The lowest BCUT2D eigenvalue weighted by molar-refractivity contribution is 0.0583. The van der Waals surface area contributed by atoms with Gasteiger partial charge < -0.3 is 18.9 Å². The zero-order valence-electron chi connectivity index (χ0n) is 21.7. The monoisotopic (exact) mass is 558 g/mol. The predicted molar refractivity (Wildman–Crippen MR) is 149 cm³/mol. The largest absolute Gasteiger partial charge is 0.486 e. The second-order valence-electron chi connectivity index (χ2n) is 8.85. The van der Waals surface area contributed by atoms with Crippen LogP contribution in [0.25, 0.3) is 10.9 Å². The van der Waals surface area contributed by atoms with Crippen LogP contribution in [-0.4, -0.2) is 56.2 Å². The molecule has 0 aliphatic rings. The highest BCUT2D eigenvalue weighted by molar-refractivity contribution is 7.85. The molecular weight excluding hydrogens is 528 g/mol. The van der Waals surface area contributed by atoms with Gasteiger partial charge in [-0.2, -0.15) is 8.42 Å². The van der Waals surface area contributed by atoms with Crippen LogP contribution in [0.4, 0.5) is 0 Å². The van der Waals surface area contributed by atoms with Crippen molar-refractivity contribution in [3.63, 3.8) is 0 Å². The maximum atomic E-state index is 12.6. The van der Waals surface area contributed by atoms with Crippen molar-refractivity contribution in [2.45, 2.75) is 25.0 Å². The molecule has 10 heteroatoms. The molecule has 4 aromatic rings. The van der Waals surface area contributed by atoms with E-state index in [9.17, 15) is 13.2 Å². The third-order valence-corrected chi connectivity index (χ3v) is 6.78. The number of methoxy groups -OCH3 is 1. The number of carbonyl (C=O) groups is 1. The van der Waals surface area contributed by atoms with Crippen LogP contribution in [0.15, 0.2) is 77.7 Å². The van der Waals surface area contributed by atoms with Gasteiger partial charge in [-0.15, -0.1) is 0 Å². The van der Waals surface area contributed by atoms with Crippen LogP contribution in [0.2, 0.25) is 5.02 Å². The van der Waals surface area contributed by atoms with E-state index in [1.807, 2.05) is 74.1 Å². The minimum absolute atomic E-state index is 0.0666. The van der Waals surface area contributed by atoms with Gasteiger partial charge in [0.05, 0.1) is 17.5 Å². The number of esters is 1. The van der Waals surface area contributed by atoms with Crippen molar-refractivity contribution < 1.29 is 27.2 Å². The van der Waals surface area contributed by atoms with Gasteiger partial charge in [-0.3, -0.25) is 4.55 Å². The van der Waals surface area contributed by atoms with Gasteiger partial charge in [0.15, 0.2) is 11.4 Å². The zero-order chi connectivity index (χ0) is 27.9. The Balaban J connectivity index is 0.000000304. The summed E-state index contributed by atoms with van der Waals surface area (Å²) in [6.45, 7) is 3.59. The maximum absolute atomic E-state index is 12.6. The summed E-state index contributed by atoms with van der Waals surface area (Å²) in [6, 6.07) is 21.4. The molecule has 202 valence electrons. The van der Waals surface area contributed by atoms with E-state index < -0.39 is 16.1 Å². The third kappa shape index (κ3) is 7.58. The first-order valence-electron chi connectivity index (χ1n) is 11.8. The number of fused-ring (bicyclic) bond motifs is 1. The fourth-order valence-corrected chi connectivity index (χ4v) is 4.37. The summed E-state index contributed by atoms with van der Waals surface area (Å²) in [7, 11) is 1.35. The molecular formula is C28H31ClN2O6S. The summed E-state index contributed by atoms with van der Waals surface area (Å²) in [6.07, 6.45) is 0. The molecule has 0 radical (unpaired) electrons. The average Bonchev–Trinajstić information content (AvgIpc) is 3.18. The number of halogens is 1. The van der Waals surface area contributed by atoms with E-state index in [1.54, 1.807) is 12.1 Å². The quantitative estimate of drug-likeness (QED) is 0.226. The molecule has 1 N–H and O–H groups in total. The fourth-order valence-electron chi connectivity index (χ4n) is 3.71. The second-order valence-corrected chi connectivity index (χ2v) is 10.7. The minimum atomic E-state index is -4.02. The third-order valence-electron chi connectivity index (χ3n) is 5.67. The summed E-state index contributed by atoms with van der Waals surface area (Å²) >= 11 is 6.22. The Bertz CT molecular complexity index is 1480. The van der Waals surface area contributed by atoms with E-state index in [2.05, 4.69) is 4.90 Å². The number of aryl methyl sites for hydroxylation is 1. The number of ether oxygens (including phenoxy) is 2. The highest BCUT2D eigenvalue weighted by Gasteiger charge is 2.25. The molecule has 0 aliphatic heterocycles. The molecule has 0 unspecified atom stereocenters. The lowest BCUT2D eigenvalue weighted by atomic mass is 10.2. The van der Waals surface area contributed by atoms with Gasteiger partial charge in [-0.25, -0.2) is 4.79 Å². The van der Waals surface area contributed by atoms with Crippen LogP contribution in [0, 0.1) is 6.92 Å². The SMILES string of the molecule is COC(=O)c1c(OCc2ccccc2)c2cc(Cl)ccc2n1CCN(C)C.Cc1ccc(S(=O)(=O)O)cc1. The lowest BCUT2D eigenvalue weighted by Crippen LogP contribution is -2.21. The van der Waals surface area contributed by atoms with Gasteiger partial charge in [0.2, 0.25) is 0 Å². The highest BCUT2D eigenvalue weighted by Crippen LogP contribution is 2.36. The van der Waals surface area contributed by atoms with Crippen LogP contribution in [-0.2, 0) is 28.0 Å². The van der Waals surface area contributed by atoms with E-state index in [0.717, 1.165) is 28.6 Å². The highest BCUT2D eigenvalue weighted by atomic mass is 35.5. The van der Waals surface area contributed by atoms with E-state index in [0.29, 0.717) is 29.6 Å². The lowest BCUT2D eigenvalue weighted by Gasteiger charge is -2.14. The first-order chi connectivity index (χ1) is 18.0. The van der Waals surface area contributed by atoms with Crippen molar-refractivity contribution in [2.24, 2.45) is 0 Å². The van der Waals surface area contributed by atoms with Crippen LogP contribution in [0.5, 0.6) is 5.75 Å². The molecule has 38 heavy (non-hydrogen) atoms. The Kier molecular flexibility index (Phi) is 9.93. The summed E-state index contributed by atoms with van der Waals surface area (Å²) < 4.78 is 42.7. The maximum Gasteiger partial charge on any atom is 0.358 e. The van der Waals surface area contributed by atoms with Crippen LogP contribution in [0.3, 0.4) is 0 Å². The van der Waals surface area contributed by atoms with E-state index in [4.69, 9.17) is 25.6 Å². The molecule has 4 rings (SSSR count). The number of aromatic nitrogens is 1. The van der Waals surface area contributed by atoms with E-state index in [1.165, 1.54) is 19.2 Å². The van der Waals surface area contributed by atoms with E-state index >= 15 is 0 Å². The molecule has 1 aromatic heterocycles. The molecule has 8 nitrogen and oxygen atoms in total. The Morgan fingerprint density at radius 1 is 1.03 bits per heavy atom. The first-order valence-corrected chi connectivity index (χ1v) is 13.6. The molecule has 0 aliphatic carbocycles. The number of hydrogen-bond acceptors (Lipinski definition) is 6. The molecule has 0 saturated carbocycles. The van der Waals surface area contributed by atoms with Crippen molar-refractivity contribution >= 4 is 38.6 Å². The number of benzene rings is 3. The molecule has 0 spiro atoms. The van der Waals surface area contributed by atoms with Crippen LogP contribution in [0.1, 0.15) is 21.6 Å². The predicted octanol–water partition coefficient (Wildman–Crippen LogP) is 5.46. The number of nitrogens with zero attached hydrogens (tertiary/aromatic N) is 2. The fraction of sp³-hybridized carbons (Fsp3) is 0.250. The molecule has 0 amide bonds. The molecule has 0 fully saturated rings. The summed E-state index contributed by atoms with van der Waals surface area (Å²) in [4.78, 5) is 14.6. The summed E-state index contributed by atoms with van der Waals surface area (Å²) in [5.74, 6) is 0.0751. The molecule has 0 saturated heterocycles. The molecule has 1 heterocycles. The Hall–Kier alpha value is -3.37. The minimum Gasteiger partial charge on any atom is -0.486 e. The zero-order valence-corrected chi connectivity index (χ0v) is 23.3. The average molecular weight is 559 g/mol. The molecule has 0 bridgehead atoms. The van der Waals surface area contributed by atoms with Gasteiger partial charge in [0, 0.05) is 23.5 Å². The smallest absolute Gasteiger partial charge is 0.358 e. The second kappa shape index (κ2) is 12.9. The standard InChI is InChI=1S/C21H23ClN2O3.C7H8O3S/c1-23(2)11-12-24-18-10-9-16(22)13-17(18)20(19(24)21(25)26-3)27-14-15-7-5-4-6-8-15;1-6-2-4-7(5-3-6)11(8,9)10/h4-10,13H,11-12,14H2,1-3H3;2-5H,1H3,(H,8,9,10). The van der Waals surface area contributed by atoms with Crippen molar-refractivity contribution in [3.8, 4) is 5.75 Å². The normalized spacial score (nSPS) is 11.2. The van der Waals surface area contributed by atoms with Gasteiger partial charge >= 0.3 is 5.97 Å². The Morgan fingerprint density at radius 3 is 2.26 bits per heavy atom. The number of likely N-dealkylation sites (N-methyl/N-ethyl adjacent to an activating group) is 1. The number of rotatable bonds is 8. The van der Waals surface area contributed by atoms with Gasteiger partial charge in [-0.1, -0.05) is 59.6 Å². The van der Waals surface area contributed by atoms with Gasteiger partial charge in [0.1, 0.15) is 6.61 Å². The summed E-state index contributed by atoms with van der Waals surface area (Å²) in [5, 5.41) is 1.39. The first kappa shape index (κ1) is 29.2. The van der Waals surface area contributed by atoms with Gasteiger partial charge in [-0.05, 0) is 56.9 Å². The van der Waals surface area contributed by atoms with Crippen LogP contribution < -0.4 is 4.74 Å². The number of hydrogen-bond donors (Lipinski definition) is 1.